The molecule has 0 aromatic carbocycles. The van der Waals surface area contributed by atoms with E-state index in [1.807, 2.05) is 20.8 Å². The van der Waals surface area contributed by atoms with E-state index in [4.69, 9.17) is 16.2 Å². The van der Waals surface area contributed by atoms with Gasteiger partial charge in [-0.1, -0.05) is 0 Å². The third-order valence-electron chi connectivity index (χ3n) is 4.89. The second kappa shape index (κ2) is 9.49. The summed E-state index contributed by atoms with van der Waals surface area (Å²) in [7, 11) is 0. The summed E-state index contributed by atoms with van der Waals surface area (Å²) in [5, 5.41) is 16.5. The van der Waals surface area contributed by atoms with Crippen molar-refractivity contribution in [2.24, 2.45) is 11.5 Å². The Bertz CT molecular complexity index is 437. The Morgan fingerprint density at radius 3 is 1.63 bits per heavy atom. The van der Waals surface area contributed by atoms with Gasteiger partial charge in [0.2, 0.25) is 0 Å². The number of carbonyl (C=O) groups is 1. The second-order valence-corrected chi connectivity index (χ2v) is 9.18. The van der Waals surface area contributed by atoms with Crippen LogP contribution in [0.4, 0.5) is 4.79 Å². The molecule has 27 heavy (non-hydrogen) atoms. The minimum absolute atomic E-state index is 0.182. The largest absolute Gasteiger partial charge is 0.444 e. The van der Waals surface area contributed by atoms with Gasteiger partial charge in [-0.3, -0.25) is 0 Å². The number of rotatable bonds is 5. The average molecular weight is 386 g/mol. The quantitative estimate of drug-likeness (QED) is 0.302. The highest BCUT2D eigenvalue weighted by Gasteiger charge is 2.36. The molecule has 0 saturated carbocycles. The van der Waals surface area contributed by atoms with Crippen LogP contribution in [-0.2, 0) is 4.74 Å². The third-order valence-corrected chi connectivity index (χ3v) is 4.89. The molecule has 0 radical (unpaired) electrons. The van der Waals surface area contributed by atoms with E-state index in [9.17, 15) is 4.79 Å². The summed E-state index contributed by atoms with van der Waals surface area (Å²) in [6, 6.07) is -0.182. The van der Waals surface area contributed by atoms with Crippen LogP contribution in [0.3, 0.4) is 0 Å². The molecule has 0 spiro atoms. The molecule has 0 aromatic heterocycles. The molecule has 1 amide bonds. The van der Waals surface area contributed by atoms with E-state index in [2.05, 4.69) is 26.6 Å². The van der Waals surface area contributed by atoms with Crippen molar-refractivity contribution in [2.45, 2.75) is 56.3 Å². The Labute approximate surface area is 163 Å². The lowest BCUT2D eigenvalue weighted by Gasteiger charge is -2.37. The van der Waals surface area contributed by atoms with Gasteiger partial charge in [0, 0.05) is 69.5 Å². The van der Waals surface area contributed by atoms with E-state index in [0.29, 0.717) is 39.0 Å². The van der Waals surface area contributed by atoms with Crippen LogP contribution in [0.15, 0.2) is 0 Å². The summed E-state index contributed by atoms with van der Waals surface area (Å²) in [4.78, 5) is 12.4. The molecular weight excluding hydrogens is 346 g/mol. The average Bonchev–Trinajstić information content (AvgIpc) is 2.85. The number of nitrogens with two attached hydrogens (primary N) is 2. The topological polar surface area (TPSA) is 138 Å². The molecular formula is C18H39N7O2. The van der Waals surface area contributed by atoms with E-state index in [0.717, 1.165) is 26.2 Å². The van der Waals surface area contributed by atoms with Gasteiger partial charge >= 0.3 is 6.09 Å². The smallest absolute Gasteiger partial charge is 0.407 e. The summed E-state index contributed by atoms with van der Waals surface area (Å²) in [6.45, 7) is 11.9. The number of nitrogens with one attached hydrogen (secondary N) is 5. The molecule has 2 fully saturated rings. The Kier molecular flexibility index (Phi) is 7.84. The van der Waals surface area contributed by atoms with Gasteiger partial charge < -0.3 is 42.8 Å². The molecule has 9 heteroatoms. The fourth-order valence-corrected chi connectivity index (χ4v) is 3.75. The highest BCUT2D eigenvalue weighted by Crippen LogP contribution is 2.19. The van der Waals surface area contributed by atoms with E-state index in [1.165, 1.54) is 0 Å². The number of hydrogen-bond donors (Lipinski definition) is 7. The van der Waals surface area contributed by atoms with Crippen molar-refractivity contribution in [1.29, 1.82) is 0 Å². The van der Waals surface area contributed by atoms with Crippen LogP contribution >= 0.6 is 0 Å². The predicted octanol–water partition coefficient (Wildman–Crippen LogP) is -1.56. The van der Waals surface area contributed by atoms with Crippen LogP contribution < -0.4 is 38.1 Å². The second-order valence-electron chi connectivity index (χ2n) is 9.18. The van der Waals surface area contributed by atoms with E-state index in [-0.39, 0.29) is 6.04 Å². The minimum Gasteiger partial charge on any atom is -0.444 e. The Morgan fingerprint density at radius 2 is 1.30 bits per heavy atom. The molecule has 9 nitrogen and oxygen atoms in total. The lowest BCUT2D eigenvalue weighted by atomic mass is 9.84. The first-order chi connectivity index (χ1) is 12.6. The summed E-state index contributed by atoms with van der Waals surface area (Å²) in [5.74, 6) is 0. The van der Waals surface area contributed by atoms with Crippen molar-refractivity contribution in [3.05, 3.63) is 0 Å². The SMILES string of the molecule is CC(C)(C)OC(=O)NC(CC1(N)CNCCNC1)CC1(N)CNCCNC1. The highest BCUT2D eigenvalue weighted by atomic mass is 16.6. The molecule has 2 saturated heterocycles. The summed E-state index contributed by atoms with van der Waals surface area (Å²) >= 11 is 0. The van der Waals surface area contributed by atoms with Gasteiger partial charge in [-0.05, 0) is 33.6 Å². The third kappa shape index (κ3) is 8.28. The van der Waals surface area contributed by atoms with Gasteiger partial charge in [0.15, 0.2) is 0 Å². The lowest BCUT2D eigenvalue weighted by molar-refractivity contribution is 0.0485. The molecule has 2 aliphatic heterocycles. The number of amides is 1. The van der Waals surface area contributed by atoms with Crippen LogP contribution in [-0.4, -0.2) is 81.2 Å². The van der Waals surface area contributed by atoms with Crippen molar-refractivity contribution < 1.29 is 9.53 Å². The maximum absolute atomic E-state index is 12.4. The molecule has 2 aliphatic rings. The van der Waals surface area contributed by atoms with Crippen LogP contribution in [0.1, 0.15) is 33.6 Å². The highest BCUT2D eigenvalue weighted by molar-refractivity contribution is 5.68. The summed E-state index contributed by atoms with van der Waals surface area (Å²) < 4.78 is 5.47. The van der Waals surface area contributed by atoms with Gasteiger partial charge in [-0.25, -0.2) is 4.79 Å². The van der Waals surface area contributed by atoms with Crippen molar-refractivity contribution in [3.8, 4) is 0 Å². The first-order valence-corrected chi connectivity index (χ1v) is 9.99. The summed E-state index contributed by atoms with van der Waals surface area (Å²) in [5.41, 5.74) is 11.8. The predicted molar refractivity (Wildman–Crippen MR) is 108 cm³/mol. The molecule has 2 rings (SSSR count). The van der Waals surface area contributed by atoms with Crippen LogP contribution in [0.25, 0.3) is 0 Å². The number of alkyl carbamates (subject to hydrolysis) is 1. The molecule has 158 valence electrons. The molecule has 0 aromatic rings. The van der Waals surface area contributed by atoms with Crippen molar-refractivity contribution in [3.63, 3.8) is 0 Å². The Hall–Kier alpha value is -0.970. The molecule has 0 atom stereocenters. The zero-order valence-electron chi connectivity index (χ0n) is 17.1. The fourth-order valence-electron chi connectivity index (χ4n) is 3.75. The van der Waals surface area contributed by atoms with Crippen LogP contribution in [0.5, 0.6) is 0 Å². The van der Waals surface area contributed by atoms with Crippen molar-refractivity contribution >= 4 is 6.09 Å². The van der Waals surface area contributed by atoms with Crippen LogP contribution in [0.2, 0.25) is 0 Å². The van der Waals surface area contributed by atoms with Gasteiger partial charge in [0.1, 0.15) is 5.60 Å². The van der Waals surface area contributed by atoms with Crippen LogP contribution in [0, 0.1) is 0 Å². The van der Waals surface area contributed by atoms with Gasteiger partial charge in [0.05, 0.1) is 0 Å². The van der Waals surface area contributed by atoms with Crippen molar-refractivity contribution in [2.75, 3.05) is 52.4 Å². The van der Waals surface area contributed by atoms with E-state index < -0.39 is 22.8 Å². The zero-order valence-corrected chi connectivity index (χ0v) is 17.1. The minimum atomic E-state index is -0.549. The molecule has 0 bridgehead atoms. The molecule has 0 unspecified atom stereocenters. The van der Waals surface area contributed by atoms with Gasteiger partial charge in [-0.15, -0.1) is 0 Å². The van der Waals surface area contributed by atoms with Gasteiger partial charge in [-0.2, -0.15) is 0 Å². The van der Waals surface area contributed by atoms with E-state index in [1.54, 1.807) is 0 Å². The molecule has 9 N–H and O–H groups in total. The lowest BCUT2D eigenvalue weighted by Crippen LogP contribution is -2.61. The number of carbonyl (C=O) groups excluding carboxylic acids is 1. The summed E-state index contributed by atoms with van der Waals surface area (Å²) in [6.07, 6.45) is 0.805. The first-order valence-electron chi connectivity index (χ1n) is 9.99. The van der Waals surface area contributed by atoms with Gasteiger partial charge in [0.25, 0.3) is 0 Å². The number of ether oxygens (including phenoxy) is 1. The maximum Gasteiger partial charge on any atom is 0.407 e. The molecule has 0 aliphatic carbocycles. The monoisotopic (exact) mass is 385 g/mol. The Balaban J connectivity index is 2.07. The maximum atomic E-state index is 12.4. The zero-order chi connectivity index (χ0) is 20.0. The first kappa shape index (κ1) is 22.3. The number of hydrogen-bond acceptors (Lipinski definition) is 8. The van der Waals surface area contributed by atoms with E-state index >= 15 is 0 Å². The van der Waals surface area contributed by atoms with Crippen molar-refractivity contribution in [1.82, 2.24) is 26.6 Å². The fraction of sp³-hybridized carbons (Fsp3) is 0.944. The normalized spacial score (nSPS) is 23.3. The Morgan fingerprint density at radius 1 is 0.926 bits per heavy atom. The standard InChI is InChI=1S/C18H39N7O2/c1-16(2,3)27-15(26)25-14(8-17(19)10-21-4-5-22-11-17)9-18(20)12-23-6-7-24-13-18/h14,21-24H,4-13,19-20H2,1-3H3,(H,25,26). The molecule has 2 heterocycles.